The first-order valence-electron chi connectivity index (χ1n) is 11.5. The summed E-state index contributed by atoms with van der Waals surface area (Å²) in [6.45, 7) is 9.41. The van der Waals surface area contributed by atoms with Crippen molar-refractivity contribution in [3.63, 3.8) is 0 Å². The van der Waals surface area contributed by atoms with Gasteiger partial charge in [-0.05, 0) is 18.8 Å². The largest absolute Gasteiger partial charge is 0.339 e. The summed E-state index contributed by atoms with van der Waals surface area (Å²) in [5.74, 6) is -0.844. The van der Waals surface area contributed by atoms with Crippen molar-refractivity contribution >= 4 is 23.6 Å². The number of piperazine rings is 1. The Bertz CT molecular complexity index is 603. The minimum atomic E-state index is -0.565. The van der Waals surface area contributed by atoms with Crippen molar-refractivity contribution in [2.75, 3.05) is 26.2 Å². The molecule has 3 N–H and O–H groups in total. The maximum Gasteiger partial charge on any atom is 0.318 e. The van der Waals surface area contributed by atoms with Gasteiger partial charge in [-0.25, -0.2) is 10.3 Å². The second-order valence-corrected chi connectivity index (χ2v) is 8.70. The maximum absolute atomic E-state index is 12.9. The molecule has 1 saturated heterocycles. The third kappa shape index (κ3) is 9.25. The van der Waals surface area contributed by atoms with E-state index >= 15 is 0 Å². The number of carbonyl (C=O) groups excluding carboxylic acids is 4. The molecule has 0 aromatic heterocycles. The summed E-state index contributed by atoms with van der Waals surface area (Å²) >= 11 is 0. The highest BCUT2D eigenvalue weighted by atomic mass is 16.5. The zero-order chi connectivity index (χ0) is 23.4. The molecule has 0 saturated carbocycles. The van der Waals surface area contributed by atoms with Gasteiger partial charge in [-0.1, -0.05) is 47.0 Å². The predicted octanol–water partition coefficient (Wildman–Crippen LogP) is 2.33. The van der Waals surface area contributed by atoms with E-state index in [-0.39, 0.29) is 30.1 Å². The lowest BCUT2D eigenvalue weighted by Crippen LogP contribution is -2.56. The van der Waals surface area contributed by atoms with E-state index in [1.54, 1.807) is 22.2 Å². The lowest BCUT2D eigenvalue weighted by molar-refractivity contribution is -0.141. The van der Waals surface area contributed by atoms with Crippen LogP contribution < -0.4 is 10.8 Å². The van der Waals surface area contributed by atoms with Crippen LogP contribution in [0.2, 0.25) is 0 Å². The minimum Gasteiger partial charge on any atom is -0.339 e. The number of carbonyl (C=O) groups is 4. The smallest absolute Gasteiger partial charge is 0.318 e. The zero-order valence-electron chi connectivity index (χ0n) is 19.5. The van der Waals surface area contributed by atoms with Gasteiger partial charge in [0.2, 0.25) is 11.8 Å². The minimum absolute atomic E-state index is 0.0212. The molecule has 178 valence electrons. The quantitative estimate of drug-likeness (QED) is 0.244. The lowest BCUT2D eigenvalue weighted by Gasteiger charge is -2.37. The SMILES string of the molecule is CCCCC[C@H](CC(=O)NO)C(=O)N1CCN(C(=O)N[C@@H](CC(C)C)C(=O)CC)CC1. The fourth-order valence-corrected chi connectivity index (χ4v) is 3.84. The molecule has 0 aromatic carbocycles. The van der Waals surface area contributed by atoms with Crippen molar-refractivity contribution in [3.8, 4) is 0 Å². The number of hydrogen-bond acceptors (Lipinski definition) is 5. The lowest BCUT2D eigenvalue weighted by atomic mass is 9.95. The van der Waals surface area contributed by atoms with Gasteiger partial charge in [0, 0.05) is 44.9 Å². The van der Waals surface area contributed by atoms with E-state index in [1.165, 1.54) is 0 Å². The molecule has 0 bridgehead atoms. The molecule has 0 radical (unpaired) electrons. The van der Waals surface area contributed by atoms with Gasteiger partial charge in [0.05, 0.1) is 6.04 Å². The summed E-state index contributed by atoms with van der Waals surface area (Å²) < 4.78 is 0. The molecule has 2 atom stereocenters. The van der Waals surface area contributed by atoms with Crippen molar-refractivity contribution < 1.29 is 24.4 Å². The van der Waals surface area contributed by atoms with Crippen LogP contribution in [0.25, 0.3) is 0 Å². The highest BCUT2D eigenvalue weighted by Crippen LogP contribution is 2.19. The van der Waals surface area contributed by atoms with Crippen molar-refractivity contribution in [2.45, 2.75) is 78.7 Å². The van der Waals surface area contributed by atoms with Gasteiger partial charge < -0.3 is 15.1 Å². The van der Waals surface area contributed by atoms with Gasteiger partial charge in [-0.15, -0.1) is 0 Å². The number of ketones is 1. The Morgan fingerprint density at radius 1 is 0.968 bits per heavy atom. The van der Waals surface area contributed by atoms with Crippen LogP contribution in [0, 0.1) is 11.8 Å². The van der Waals surface area contributed by atoms with Gasteiger partial charge in [0.25, 0.3) is 0 Å². The molecular formula is C22H40N4O5. The predicted molar refractivity (Wildman–Crippen MR) is 117 cm³/mol. The van der Waals surface area contributed by atoms with Crippen LogP contribution in [0.3, 0.4) is 0 Å². The van der Waals surface area contributed by atoms with Crippen LogP contribution in [-0.4, -0.2) is 70.9 Å². The standard InChI is InChI=1S/C22H40N4O5/c1-5-7-8-9-17(15-20(28)24-31)21(29)25-10-12-26(13-11-25)22(30)23-18(14-16(3)4)19(27)6-2/h16-18,31H,5-15H2,1-4H3,(H,23,30)(H,24,28)/t17-,18+/m1/s1. The fourth-order valence-electron chi connectivity index (χ4n) is 3.84. The molecule has 0 aliphatic carbocycles. The molecule has 1 aliphatic rings. The van der Waals surface area contributed by atoms with Crippen LogP contribution >= 0.6 is 0 Å². The Hall–Kier alpha value is -2.16. The van der Waals surface area contributed by atoms with Gasteiger partial charge in [0.15, 0.2) is 5.78 Å². The van der Waals surface area contributed by atoms with Crippen molar-refractivity contribution in [3.05, 3.63) is 0 Å². The van der Waals surface area contributed by atoms with Crippen LogP contribution in [0.15, 0.2) is 0 Å². The summed E-state index contributed by atoms with van der Waals surface area (Å²) in [7, 11) is 0. The maximum atomic E-state index is 12.9. The number of urea groups is 1. The summed E-state index contributed by atoms with van der Waals surface area (Å²) in [5.41, 5.74) is 1.61. The third-order valence-electron chi connectivity index (χ3n) is 5.68. The van der Waals surface area contributed by atoms with Crippen LogP contribution in [-0.2, 0) is 14.4 Å². The number of amides is 4. The molecule has 1 aliphatic heterocycles. The van der Waals surface area contributed by atoms with E-state index in [4.69, 9.17) is 5.21 Å². The topological polar surface area (TPSA) is 119 Å². The van der Waals surface area contributed by atoms with Crippen molar-refractivity contribution in [2.24, 2.45) is 11.8 Å². The summed E-state index contributed by atoms with van der Waals surface area (Å²) in [6.07, 6.45) is 4.36. The van der Waals surface area contributed by atoms with E-state index in [1.807, 2.05) is 13.8 Å². The van der Waals surface area contributed by atoms with Crippen LogP contribution in [0.1, 0.15) is 72.6 Å². The number of hydroxylamine groups is 1. The van der Waals surface area contributed by atoms with E-state index in [9.17, 15) is 19.2 Å². The first kappa shape index (κ1) is 26.9. The molecule has 4 amide bonds. The van der Waals surface area contributed by atoms with Crippen LogP contribution in [0.5, 0.6) is 0 Å². The van der Waals surface area contributed by atoms with Crippen molar-refractivity contribution in [1.82, 2.24) is 20.6 Å². The average Bonchev–Trinajstić information content (AvgIpc) is 2.76. The average molecular weight is 441 g/mol. The van der Waals surface area contributed by atoms with Crippen molar-refractivity contribution in [1.29, 1.82) is 0 Å². The molecule has 1 heterocycles. The van der Waals surface area contributed by atoms with E-state index in [0.717, 1.165) is 19.3 Å². The molecule has 0 spiro atoms. The number of rotatable bonds is 12. The Morgan fingerprint density at radius 2 is 1.58 bits per heavy atom. The van der Waals surface area contributed by atoms with Crippen LogP contribution in [0.4, 0.5) is 4.79 Å². The second kappa shape index (κ2) is 14.0. The Morgan fingerprint density at radius 3 is 2.10 bits per heavy atom. The normalized spacial score (nSPS) is 16.1. The number of Topliss-reactive ketones (excluding diaryl/α,β-unsaturated/α-hetero) is 1. The zero-order valence-corrected chi connectivity index (χ0v) is 19.5. The third-order valence-corrected chi connectivity index (χ3v) is 5.68. The molecule has 9 nitrogen and oxygen atoms in total. The number of nitrogens with one attached hydrogen (secondary N) is 2. The van der Waals surface area contributed by atoms with Gasteiger partial charge in [-0.3, -0.25) is 19.6 Å². The van der Waals surface area contributed by atoms with E-state index in [0.29, 0.717) is 45.4 Å². The molecule has 1 fully saturated rings. The molecule has 9 heteroatoms. The Balaban J connectivity index is 2.65. The molecule has 0 unspecified atom stereocenters. The van der Waals surface area contributed by atoms with E-state index in [2.05, 4.69) is 12.2 Å². The number of hydrogen-bond donors (Lipinski definition) is 3. The number of unbranched alkanes of at least 4 members (excludes halogenated alkanes) is 2. The molecule has 1 rings (SSSR count). The van der Waals surface area contributed by atoms with Gasteiger partial charge in [-0.2, -0.15) is 0 Å². The first-order valence-corrected chi connectivity index (χ1v) is 11.5. The van der Waals surface area contributed by atoms with Gasteiger partial charge >= 0.3 is 6.03 Å². The molecule has 0 aromatic rings. The van der Waals surface area contributed by atoms with Gasteiger partial charge in [0.1, 0.15) is 0 Å². The second-order valence-electron chi connectivity index (χ2n) is 8.70. The highest BCUT2D eigenvalue weighted by Gasteiger charge is 2.31. The Labute approximate surface area is 185 Å². The highest BCUT2D eigenvalue weighted by molar-refractivity contribution is 5.88. The fraction of sp³-hybridized carbons (Fsp3) is 0.818. The summed E-state index contributed by atoms with van der Waals surface area (Å²) in [4.78, 5) is 52.7. The summed E-state index contributed by atoms with van der Waals surface area (Å²) in [5, 5.41) is 11.7. The molecule has 31 heavy (non-hydrogen) atoms. The number of nitrogens with zero attached hydrogens (tertiary/aromatic N) is 2. The first-order chi connectivity index (χ1) is 14.7. The monoisotopic (exact) mass is 440 g/mol. The van der Waals surface area contributed by atoms with E-state index < -0.39 is 17.9 Å². The Kier molecular flexibility index (Phi) is 12.1. The molecular weight excluding hydrogens is 400 g/mol. The summed E-state index contributed by atoms with van der Waals surface area (Å²) in [6, 6.07) is -0.768.